The van der Waals surface area contributed by atoms with Crippen LogP contribution in [0.5, 0.6) is 5.75 Å². The van der Waals surface area contributed by atoms with Crippen molar-refractivity contribution in [2.75, 3.05) is 39.3 Å². The first-order chi connectivity index (χ1) is 11.0. The highest BCUT2D eigenvalue weighted by Crippen LogP contribution is 2.32. The number of benzene rings is 1. The number of hydrogen-bond donors (Lipinski definition) is 1. The summed E-state index contributed by atoms with van der Waals surface area (Å²) < 4.78 is 6.07. The number of hydrogen-bond acceptors (Lipinski definition) is 3. The van der Waals surface area contributed by atoms with Gasteiger partial charge in [-0.1, -0.05) is 52.3 Å². The summed E-state index contributed by atoms with van der Waals surface area (Å²) in [5.74, 6) is 1.05. The van der Waals surface area contributed by atoms with Gasteiger partial charge in [0, 0.05) is 32.7 Å². The third-order valence-corrected chi connectivity index (χ3v) is 4.03. The summed E-state index contributed by atoms with van der Waals surface area (Å²) in [6.45, 7) is 19.4. The Morgan fingerprint density at radius 1 is 1.13 bits per heavy atom. The predicted molar refractivity (Wildman–Crippen MR) is 101 cm³/mol. The highest BCUT2D eigenvalue weighted by molar-refractivity contribution is 5.41. The fraction of sp³-hybridized carbons (Fsp3) is 0.700. The topological polar surface area (TPSA) is 24.5 Å². The first kappa shape index (κ1) is 20.0. The van der Waals surface area contributed by atoms with Gasteiger partial charge in [0.25, 0.3) is 0 Å². The Hall–Kier alpha value is -1.06. The third kappa shape index (κ3) is 6.92. The van der Waals surface area contributed by atoms with Crippen LogP contribution in [0, 0.1) is 6.92 Å². The zero-order valence-corrected chi connectivity index (χ0v) is 16.0. The summed E-state index contributed by atoms with van der Waals surface area (Å²) in [4.78, 5) is 2.51. The summed E-state index contributed by atoms with van der Waals surface area (Å²) in [5.41, 5.74) is 2.73. The van der Waals surface area contributed by atoms with Crippen LogP contribution < -0.4 is 10.1 Å². The normalized spacial score (nSPS) is 15.7. The highest BCUT2D eigenvalue weighted by atomic mass is 16.5. The molecular weight excluding hydrogens is 284 g/mol. The Kier molecular flexibility index (Phi) is 8.64. The van der Waals surface area contributed by atoms with Gasteiger partial charge in [0.05, 0.1) is 6.61 Å². The fourth-order valence-corrected chi connectivity index (χ4v) is 2.76. The van der Waals surface area contributed by atoms with Crippen LogP contribution in [0.15, 0.2) is 18.2 Å². The molecule has 0 aromatic heterocycles. The van der Waals surface area contributed by atoms with Gasteiger partial charge in [0.1, 0.15) is 5.75 Å². The lowest BCUT2D eigenvalue weighted by Gasteiger charge is -2.27. The molecule has 1 saturated heterocycles. The van der Waals surface area contributed by atoms with E-state index >= 15 is 0 Å². The van der Waals surface area contributed by atoms with Crippen molar-refractivity contribution >= 4 is 0 Å². The zero-order chi connectivity index (χ0) is 17.3. The molecular formula is C20H36N2O. The van der Waals surface area contributed by atoms with Crippen LogP contribution in [-0.4, -0.2) is 44.2 Å². The maximum Gasteiger partial charge on any atom is 0.123 e. The highest BCUT2D eigenvalue weighted by Gasteiger charge is 2.19. The molecule has 1 aliphatic rings. The third-order valence-electron chi connectivity index (χ3n) is 4.03. The predicted octanol–water partition coefficient (Wildman–Crippen LogP) is 3.99. The van der Waals surface area contributed by atoms with Crippen molar-refractivity contribution in [3.05, 3.63) is 29.3 Å². The monoisotopic (exact) mass is 320 g/mol. The molecule has 0 saturated carbocycles. The number of ether oxygens (including phenoxy) is 1. The van der Waals surface area contributed by atoms with E-state index in [-0.39, 0.29) is 5.41 Å². The van der Waals surface area contributed by atoms with E-state index in [1.54, 1.807) is 0 Å². The van der Waals surface area contributed by atoms with Crippen LogP contribution >= 0.6 is 0 Å². The van der Waals surface area contributed by atoms with E-state index in [2.05, 4.69) is 56.1 Å². The zero-order valence-electron chi connectivity index (χ0n) is 16.0. The van der Waals surface area contributed by atoms with Crippen molar-refractivity contribution in [1.29, 1.82) is 0 Å². The summed E-state index contributed by atoms with van der Waals surface area (Å²) in [5, 5.41) is 3.39. The molecule has 1 heterocycles. The first-order valence-corrected chi connectivity index (χ1v) is 9.14. The van der Waals surface area contributed by atoms with Gasteiger partial charge in [0.15, 0.2) is 0 Å². The second kappa shape index (κ2) is 9.94. The van der Waals surface area contributed by atoms with Crippen LogP contribution in [0.4, 0.5) is 0 Å². The van der Waals surface area contributed by atoms with Gasteiger partial charge in [0.2, 0.25) is 0 Å². The van der Waals surface area contributed by atoms with Crippen molar-refractivity contribution in [3.8, 4) is 5.75 Å². The van der Waals surface area contributed by atoms with Crippen LogP contribution in [0.2, 0.25) is 0 Å². The van der Waals surface area contributed by atoms with Crippen LogP contribution in [0.1, 0.15) is 52.2 Å². The number of rotatable bonds is 5. The van der Waals surface area contributed by atoms with Crippen LogP contribution in [0.3, 0.4) is 0 Å². The van der Waals surface area contributed by atoms with E-state index in [0.717, 1.165) is 51.5 Å². The minimum atomic E-state index is 0.125. The lowest BCUT2D eigenvalue weighted by molar-refractivity contribution is 0.212. The Bertz CT molecular complexity index is 445. The maximum absolute atomic E-state index is 6.07. The van der Waals surface area contributed by atoms with Gasteiger partial charge >= 0.3 is 0 Å². The van der Waals surface area contributed by atoms with Gasteiger partial charge in [-0.2, -0.15) is 0 Å². The largest absolute Gasteiger partial charge is 0.493 e. The lowest BCUT2D eigenvalue weighted by Crippen LogP contribution is -2.44. The Labute approximate surface area is 143 Å². The van der Waals surface area contributed by atoms with Crippen molar-refractivity contribution in [3.63, 3.8) is 0 Å². The average molecular weight is 321 g/mol. The summed E-state index contributed by atoms with van der Waals surface area (Å²) in [7, 11) is 0. The number of aryl methyl sites for hydroxylation is 1. The SMILES string of the molecule is CC.Cc1ccc(OCCCN2CCNCC2)c(C(C)(C)C)c1. The molecule has 0 unspecified atom stereocenters. The van der Waals surface area contributed by atoms with Crippen molar-refractivity contribution < 1.29 is 4.74 Å². The molecule has 0 spiro atoms. The van der Waals surface area contributed by atoms with E-state index in [1.165, 1.54) is 11.1 Å². The molecule has 2 rings (SSSR count). The molecule has 1 N–H and O–H groups in total. The van der Waals surface area contributed by atoms with Gasteiger partial charge in [-0.15, -0.1) is 0 Å². The molecule has 3 nitrogen and oxygen atoms in total. The quantitative estimate of drug-likeness (QED) is 0.830. The van der Waals surface area contributed by atoms with Gasteiger partial charge in [-0.3, -0.25) is 0 Å². The molecule has 0 atom stereocenters. The molecule has 0 amide bonds. The number of nitrogens with zero attached hydrogens (tertiary/aromatic N) is 1. The molecule has 0 aliphatic carbocycles. The van der Waals surface area contributed by atoms with E-state index in [0.29, 0.717) is 0 Å². The van der Waals surface area contributed by atoms with Crippen molar-refractivity contribution in [1.82, 2.24) is 10.2 Å². The van der Waals surface area contributed by atoms with Crippen molar-refractivity contribution in [2.24, 2.45) is 0 Å². The van der Waals surface area contributed by atoms with Gasteiger partial charge in [-0.25, -0.2) is 0 Å². The smallest absolute Gasteiger partial charge is 0.123 e. The van der Waals surface area contributed by atoms with E-state index < -0.39 is 0 Å². The maximum atomic E-state index is 6.07. The minimum absolute atomic E-state index is 0.125. The number of piperazine rings is 1. The standard InChI is InChI=1S/C18H30N2O.C2H6/c1-15-6-7-17(16(14-15)18(2,3)4)21-13-5-10-20-11-8-19-9-12-20;1-2/h6-7,14,19H,5,8-13H2,1-4H3;1-2H3. The van der Waals surface area contributed by atoms with E-state index in [9.17, 15) is 0 Å². The summed E-state index contributed by atoms with van der Waals surface area (Å²) in [6.07, 6.45) is 1.09. The molecule has 1 aromatic rings. The molecule has 0 radical (unpaired) electrons. The second-order valence-electron chi connectivity index (χ2n) is 7.04. The lowest BCUT2D eigenvalue weighted by atomic mass is 9.85. The molecule has 23 heavy (non-hydrogen) atoms. The molecule has 3 heteroatoms. The summed E-state index contributed by atoms with van der Waals surface area (Å²) in [6, 6.07) is 6.52. The fourth-order valence-electron chi connectivity index (χ4n) is 2.76. The second-order valence-corrected chi connectivity index (χ2v) is 7.04. The Morgan fingerprint density at radius 3 is 2.39 bits per heavy atom. The Balaban J connectivity index is 0.00000127. The Morgan fingerprint density at radius 2 is 1.78 bits per heavy atom. The first-order valence-electron chi connectivity index (χ1n) is 9.14. The van der Waals surface area contributed by atoms with Gasteiger partial charge < -0.3 is 15.0 Å². The molecule has 132 valence electrons. The molecule has 1 aromatic carbocycles. The number of nitrogens with one attached hydrogen (secondary N) is 1. The average Bonchev–Trinajstić information content (AvgIpc) is 2.54. The minimum Gasteiger partial charge on any atom is -0.493 e. The molecule has 1 aliphatic heterocycles. The summed E-state index contributed by atoms with van der Waals surface area (Å²) >= 11 is 0. The van der Waals surface area contributed by atoms with Crippen LogP contribution in [0.25, 0.3) is 0 Å². The van der Waals surface area contributed by atoms with Crippen LogP contribution in [-0.2, 0) is 5.41 Å². The van der Waals surface area contributed by atoms with E-state index in [4.69, 9.17) is 4.74 Å². The van der Waals surface area contributed by atoms with Crippen molar-refractivity contribution in [2.45, 2.75) is 53.4 Å². The molecule has 0 bridgehead atoms. The van der Waals surface area contributed by atoms with Gasteiger partial charge in [-0.05, 0) is 30.4 Å². The molecule has 1 fully saturated rings. The van der Waals surface area contributed by atoms with E-state index in [1.807, 2.05) is 13.8 Å².